The van der Waals surface area contributed by atoms with Crippen LogP contribution in [0.25, 0.3) is 0 Å². The first-order valence-electron chi connectivity index (χ1n) is 7.02. The quantitative estimate of drug-likeness (QED) is 0.879. The van der Waals surface area contributed by atoms with Crippen LogP contribution in [0.4, 0.5) is 15.8 Å². The minimum absolute atomic E-state index is 0.177. The van der Waals surface area contributed by atoms with E-state index < -0.39 is 0 Å². The van der Waals surface area contributed by atoms with Gasteiger partial charge in [-0.3, -0.25) is 0 Å². The predicted octanol–water partition coefficient (Wildman–Crippen LogP) is 2.96. The molecule has 0 radical (unpaired) electrons. The normalized spacial score (nSPS) is 22.8. The Hall–Kier alpha value is -1.29. The maximum Gasteiger partial charge on any atom is 0.148 e. The fourth-order valence-electron chi connectivity index (χ4n) is 2.54. The van der Waals surface area contributed by atoms with Gasteiger partial charge in [0.05, 0.1) is 5.69 Å². The molecule has 1 aliphatic carbocycles. The zero-order valence-electron chi connectivity index (χ0n) is 12.0. The second-order valence-electron chi connectivity index (χ2n) is 5.79. The molecule has 1 aliphatic rings. The summed E-state index contributed by atoms with van der Waals surface area (Å²) in [6.07, 6.45) is 3.08. The summed E-state index contributed by atoms with van der Waals surface area (Å²) in [7, 11) is 1.91. The predicted molar refractivity (Wildman–Crippen MR) is 79.2 cm³/mol. The number of hydrogen-bond donors (Lipinski definition) is 2. The topological polar surface area (TPSA) is 41.3 Å². The summed E-state index contributed by atoms with van der Waals surface area (Å²) >= 11 is 0. The minimum Gasteiger partial charge on any atom is -0.382 e. The molecule has 0 heterocycles. The Morgan fingerprint density at radius 3 is 2.63 bits per heavy atom. The zero-order chi connectivity index (χ0) is 14.0. The number of hydrogen-bond acceptors (Lipinski definition) is 3. The molecule has 2 atom stereocenters. The van der Waals surface area contributed by atoms with Crippen molar-refractivity contribution < 1.29 is 4.39 Å². The highest BCUT2D eigenvalue weighted by Crippen LogP contribution is 2.26. The van der Waals surface area contributed by atoms with Crippen LogP contribution in [0.1, 0.15) is 33.1 Å². The summed E-state index contributed by atoms with van der Waals surface area (Å²) in [4.78, 5) is 1.94. The van der Waals surface area contributed by atoms with E-state index in [9.17, 15) is 4.39 Å². The van der Waals surface area contributed by atoms with Crippen LogP contribution in [-0.2, 0) is 0 Å². The summed E-state index contributed by atoms with van der Waals surface area (Å²) in [5.41, 5.74) is 7.37. The molecule has 3 N–H and O–H groups in total. The van der Waals surface area contributed by atoms with Gasteiger partial charge in [0.2, 0.25) is 0 Å². The van der Waals surface area contributed by atoms with E-state index in [-0.39, 0.29) is 17.9 Å². The molecule has 2 rings (SSSR count). The van der Waals surface area contributed by atoms with E-state index in [4.69, 9.17) is 5.73 Å². The molecule has 4 heteroatoms. The van der Waals surface area contributed by atoms with Crippen LogP contribution in [0.3, 0.4) is 0 Å². The molecule has 0 saturated heterocycles. The fourth-order valence-corrected chi connectivity index (χ4v) is 2.54. The molecule has 1 fully saturated rings. The minimum atomic E-state index is -0.177. The van der Waals surface area contributed by atoms with Crippen molar-refractivity contribution in [3.05, 3.63) is 24.0 Å². The van der Waals surface area contributed by atoms with Gasteiger partial charge in [-0.2, -0.15) is 0 Å². The Morgan fingerprint density at radius 2 is 2.11 bits per heavy atom. The van der Waals surface area contributed by atoms with Gasteiger partial charge < -0.3 is 16.0 Å². The third-order valence-corrected chi connectivity index (χ3v) is 3.95. The molecule has 0 aliphatic heterocycles. The molecule has 2 unspecified atom stereocenters. The van der Waals surface area contributed by atoms with E-state index in [0.29, 0.717) is 11.7 Å². The van der Waals surface area contributed by atoms with Crippen molar-refractivity contribution in [3.63, 3.8) is 0 Å². The molecular weight excluding hydrogens is 241 g/mol. The van der Waals surface area contributed by atoms with Gasteiger partial charge in [-0.15, -0.1) is 0 Å². The maximum absolute atomic E-state index is 14.1. The second kappa shape index (κ2) is 5.78. The SMILES string of the molecule is CC(C)N(C)c1ccc(NC2CCC(N)C2)cc1F. The van der Waals surface area contributed by atoms with Crippen molar-refractivity contribution in [2.45, 2.75) is 51.2 Å². The van der Waals surface area contributed by atoms with Gasteiger partial charge in [0.25, 0.3) is 0 Å². The van der Waals surface area contributed by atoms with Gasteiger partial charge in [0.1, 0.15) is 5.82 Å². The van der Waals surface area contributed by atoms with Crippen LogP contribution in [0, 0.1) is 5.82 Å². The Labute approximate surface area is 115 Å². The van der Waals surface area contributed by atoms with Crippen molar-refractivity contribution in [2.24, 2.45) is 5.73 Å². The molecule has 1 aromatic carbocycles. The Balaban J connectivity index is 2.06. The van der Waals surface area contributed by atoms with E-state index in [2.05, 4.69) is 5.32 Å². The molecule has 1 saturated carbocycles. The van der Waals surface area contributed by atoms with Crippen molar-refractivity contribution in [3.8, 4) is 0 Å². The van der Waals surface area contributed by atoms with Crippen molar-refractivity contribution >= 4 is 11.4 Å². The standard InChI is InChI=1S/C15H24FN3/c1-10(2)19(3)15-7-6-13(9-14(15)16)18-12-5-4-11(17)8-12/h6-7,9-12,18H,4-5,8,17H2,1-3H3. The van der Waals surface area contributed by atoms with Crippen LogP contribution >= 0.6 is 0 Å². The smallest absolute Gasteiger partial charge is 0.148 e. The number of nitrogens with zero attached hydrogens (tertiary/aromatic N) is 1. The number of benzene rings is 1. The van der Waals surface area contributed by atoms with Gasteiger partial charge in [0, 0.05) is 30.9 Å². The highest BCUT2D eigenvalue weighted by Gasteiger charge is 2.21. The van der Waals surface area contributed by atoms with Crippen molar-refractivity contribution in [1.82, 2.24) is 0 Å². The monoisotopic (exact) mass is 265 g/mol. The molecular formula is C15H24FN3. The van der Waals surface area contributed by atoms with Gasteiger partial charge in [-0.1, -0.05) is 0 Å². The number of nitrogens with two attached hydrogens (primary N) is 1. The third-order valence-electron chi connectivity index (χ3n) is 3.95. The van der Waals surface area contributed by atoms with Crippen LogP contribution in [-0.4, -0.2) is 25.2 Å². The number of nitrogens with one attached hydrogen (secondary N) is 1. The first-order valence-corrected chi connectivity index (χ1v) is 7.02. The van der Waals surface area contributed by atoms with Crippen molar-refractivity contribution in [1.29, 1.82) is 0 Å². The summed E-state index contributed by atoms with van der Waals surface area (Å²) in [6.45, 7) is 4.09. The van der Waals surface area contributed by atoms with Crippen molar-refractivity contribution in [2.75, 3.05) is 17.3 Å². The van der Waals surface area contributed by atoms with Crippen LogP contribution in [0.2, 0.25) is 0 Å². The van der Waals surface area contributed by atoms with Crippen LogP contribution < -0.4 is 16.0 Å². The van der Waals surface area contributed by atoms with Gasteiger partial charge in [-0.05, 0) is 51.3 Å². The molecule has 1 aromatic rings. The Bertz CT molecular complexity index is 433. The van der Waals surface area contributed by atoms with Gasteiger partial charge in [-0.25, -0.2) is 4.39 Å². The Morgan fingerprint density at radius 1 is 1.37 bits per heavy atom. The first-order chi connectivity index (χ1) is 8.97. The van der Waals surface area contributed by atoms with E-state index in [1.807, 2.05) is 37.9 Å². The summed E-state index contributed by atoms with van der Waals surface area (Å²) < 4.78 is 14.1. The van der Waals surface area contributed by atoms with E-state index in [1.54, 1.807) is 6.07 Å². The van der Waals surface area contributed by atoms with Crippen LogP contribution in [0.15, 0.2) is 18.2 Å². The van der Waals surface area contributed by atoms with E-state index in [1.165, 1.54) is 0 Å². The second-order valence-corrected chi connectivity index (χ2v) is 5.79. The molecule has 3 nitrogen and oxygen atoms in total. The summed E-state index contributed by atoms with van der Waals surface area (Å²) in [5.74, 6) is -0.177. The molecule has 19 heavy (non-hydrogen) atoms. The number of halogens is 1. The largest absolute Gasteiger partial charge is 0.382 e. The highest BCUT2D eigenvalue weighted by atomic mass is 19.1. The van der Waals surface area contributed by atoms with Gasteiger partial charge >= 0.3 is 0 Å². The fraction of sp³-hybridized carbons (Fsp3) is 0.600. The summed E-state index contributed by atoms with van der Waals surface area (Å²) in [5, 5.41) is 3.37. The molecule has 106 valence electrons. The molecule has 0 bridgehead atoms. The first kappa shape index (κ1) is 14.1. The summed E-state index contributed by atoms with van der Waals surface area (Å²) in [6, 6.07) is 6.31. The maximum atomic E-state index is 14.1. The number of anilines is 2. The lowest BCUT2D eigenvalue weighted by atomic mass is 10.2. The lowest BCUT2D eigenvalue weighted by Gasteiger charge is -2.25. The highest BCUT2D eigenvalue weighted by molar-refractivity contribution is 5.56. The van der Waals surface area contributed by atoms with E-state index in [0.717, 1.165) is 24.9 Å². The lowest BCUT2D eigenvalue weighted by molar-refractivity contribution is 0.613. The van der Waals surface area contributed by atoms with Crippen LogP contribution in [0.5, 0.6) is 0 Å². The molecule has 0 amide bonds. The average molecular weight is 265 g/mol. The zero-order valence-corrected chi connectivity index (χ0v) is 12.0. The Kier molecular flexibility index (Phi) is 4.30. The molecule has 0 aromatic heterocycles. The third kappa shape index (κ3) is 3.38. The lowest BCUT2D eigenvalue weighted by Crippen LogP contribution is -2.26. The average Bonchev–Trinajstić information content (AvgIpc) is 2.74. The van der Waals surface area contributed by atoms with E-state index >= 15 is 0 Å². The number of rotatable bonds is 4. The van der Waals surface area contributed by atoms with Gasteiger partial charge in [0.15, 0.2) is 0 Å². The molecule has 0 spiro atoms.